The Kier molecular flexibility index (Phi) is 3.83. The van der Waals surface area contributed by atoms with Crippen LogP contribution in [0.15, 0.2) is 35.5 Å². The average Bonchev–Trinajstić information content (AvgIpc) is 2.85. The SMILES string of the molecule is Cn1cc(NC(=O)NC2CCSc3c(F)cccc32)cn1. The third-order valence-corrected chi connectivity index (χ3v) is 4.45. The highest BCUT2D eigenvalue weighted by Gasteiger charge is 2.24. The lowest BCUT2D eigenvalue weighted by molar-refractivity contribution is 0.248. The molecule has 1 atom stereocenters. The number of carbonyl (C=O) groups is 1. The van der Waals surface area contributed by atoms with Crippen LogP contribution < -0.4 is 10.6 Å². The van der Waals surface area contributed by atoms with Gasteiger partial charge in [-0.2, -0.15) is 5.10 Å². The molecule has 1 unspecified atom stereocenters. The number of aromatic nitrogens is 2. The number of benzene rings is 1. The van der Waals surface area contributed by atoms with Gasteiger partial charge in [0.1, 0.15) is 5.82 Å². The quantitative estimate of drug-likeness (QED) is 0.897. The zero-order valence-corrected chi connectivity index (χ0v) is 12.3. The summed E-state index contributed by atoms with van der Waals surface area (Å²) in [6.07, 6.45) is 4.06. The van der Waals surface area contributed by atoms with E-state index in [1.165, 1.54) is 17.8 Å². The minimum absolute atomic E-state index is 0.173. The van der Waals surface area contributed by atoms with E-state index in [2.05, 4.69) is 15.7 Å². The zero-order chi connectivity index (χ0) is 14.8. The molecule has 2 heterocycles. The van der Waals surface area contributed by atoms with E-state index in [1.54, 1.807) is 30.2 Å². The van der Waals surface area contributed by atoms with Crippen molar-refractivity contribution >= 4 is 23.5 Å². The number of carbonyl (C=O) groups excluding carboxylic acids is 1. The fourth-order valence-corrected chi connectivity index (χ4v) is 3.49. The predicted molar refractivity (Wildman–Crippen MR) is 79.8 cm³/mol. The van der Waals surface area contributed by atoms with Crippen molar-refractivity contribution in [2.45, 2.75) is 17.4 Å². The first-order valence-corrected chi connectivity index (χ1v) is 7.59. The average molecular weight is 306 g/mol. The number of thioether (sulfide) groups is 1. The molecule has 0 aliphatic carbocycles. The number of nitrogens with one attached hydrogen (secondary N) is 2. The number of nitrogens with zero attached hydrogens (tertiary/aromatic N) is 2. The third kappa shape index (κ3) is 3.02. The number of amides is 2. The normalized spacial score (nSPS) is 17.1. The number of anilines is 1. The standard InChI is InChI=1S/C14H15FN4OS/c1-19-8-9(7-16-19)17-14(20)18-12-5-6-21-13-10(12)3-2-4-11(13)15/h2-4,7-8,12H,5-6H2,1H3,(H2,17,18,20). The maximum atomic E-state index is 13.8. The van der Waals surface area contributed by atoms with Crippen LogP contribution in [0.5, 0.6) is 0 Å². The van der Waals surface area contributed by atoms with E-state index in [-0.39, 0.29) is 17.9 Å². The Morgan fingerprint density at radius 1 is 1.52 bits per heavy atom. The van der Waals surface area contributed by atoms with Crippen LogP contribution in [0.25, 0.3) is 0 Å². The number of hydrogen-bond acceptors (Lipinski definition) is 3. The molecular formula is C14H15FN4OS. The zero-order valence-electron chi connectivity index (χ0n) is 11.5. The minimum atomic E-state index is -0.310. The summed E-state index contributed by atoms with van der Waals surface area (Å²) >= 11 is 1.49. The monoisotopic (exact) mass is 306 g/mol. The molecule has 1 aromatic heterocycles. The maximum absolute atomic E-state index is 13.8. The molecular weight excluding hydrogens is 291 g/mol. The Labute approximate surface area is 125 Å². The van der Waals surface area contributed by atoms with E-state index < -0.39 is 0 Å². The second kappa shape index (κ2) is 5.77. The Balaban J connectivity index is 1.71. The number of hydrogen-bond donors (Lipinski definition) is 2. The van der Waals surface area contributed by atoms with Crippen molar-refractivity contribution in [1.82, 2.24) is 15.1 Å². The fourth-order valence-electron chi connectivity index (χ4n) is 2.35. The topological polar surface area (TPSA) is 59.0 Å². The second-order valence-corrected chi connectivity index (χ2v) is 5.95. The van der Waals surface area contributed by atoms with Gasteiger partial charge in [0.15, 0.2) is 0 Å². The molecule has 0 spiro atoms. The minimum Gasteiger partial charge on any atom is -0.331 e. The number of aryl methyl sites for hydroxylation is 1. The van der Waals surface area contributed by atoms with Crippen molar-refractivity contribution in [1.29, 1.82) is 0 Å². The Bertz CT molecular complexity index is 673. The van der Waals surface area contributed by atoms with Crippen molar-refractivity contribution in [2.24, 2.45) is 7.05 Å². The molecule has 110 valence electrons. The van der Waals surface area contributed by atoms with Gasteiger partial charge < -0.3 is 10.6 Å². The molecule has 0 saturated heterocycles. The van der Waals surface area contributed by atoms with Gasteiger partial charge in [-0.1, -0.05) is 12.1 Å². The van der Waals surface area contributed by atoms with Gasteiger partial charge >= 0.3 is 6.03 Å². The van der Waals surface area contributed by atoms with Crippen LogP contribution in [0, 0.1) is 5.82 Å². The molecule has 3 rings (SSSR count). The molecule has 0 fully saturated rings. The second-order valence-electron chi connectivity index (χ2n) is 4.85. The summed E-state index contributed by atoms with van der Waals surface area (Å²) in [5.41, 5.74) is 1.47. The lowest BCUT2D eigenvalue weighted by atomic mass is 10.0. The van der Waals surface area contributed by atoms with E-state index >= 15 is 0 Å². The summed E-state index contributed by atoms with van der Waals surface area (Å²) in [6.45, 7) is 0. The maximum Gasteiger partial charge on any atom is 0.319 e. The van der Waals surface area contributed by atoms with Crippen LogP contribution in [-0.2, 0) is 7.05 Å². The van der Waals surface area contributed by atoms with Crippen molar-refractivity contribution in [3.8, 4) is 0 Å². The van der Waals surface area contributed by atoms with Gasteiger partial charge in [-0.3, -0.25) is 4.68 Å². The Morgan fingerprint density at radius 3 is 3.14 bits per heavy atom. The molecule has 21 heavy (non-hydrogen) atoms. The summed E-state index contributed by atoms with van der Waals surface area (Å²) in [5, 5.41) is 9.60. The summed E-state index contributed by atoms with van der Waals surface area (Å²) < 4.78 is 15.4. The first-order valence-electron chi connectivity index (χ1n) is 6.61. The van der Waals surface area contributed by atoms with Crippen molar-refractivity contribution in [3.63, 3.8) is 0 Å². The first-order chi connectivity index (χ1) is 10.1. The highest BCUT2D eigenvalue weighted by molar-refractivity contribution is 7.99. The molecule has 1 aromatic carbocycles. The van der Waals surface area contributed by atoms with Gasteiger partial charge in [0, 0.05) is 23.9 Å². The van der Waals surface area contributed by atoms with Gasteiger partial charge in [-0.25, -0.2) is 9.18 Å². The van der Waals surface area contributed by atoms with Gasteiger partial charge in [0.25, 0.3) is 0 Å². The molecule has 0 bridgehead atoms. The van der Waals surface area contributed by atoms with Gasteiger partial charge in [-0.15, -0.1) is 11.8 Å². The van der Waals surface area contributed by atoms with E-state index in [1.807, 2.05) is 6.07 Å². The highest BCUT2D eigenvalue weighted by Crippen LogP contribution is 2.37. The van der Waals surface area contributed by atoms with Crippen molar-refractivity contribution in [2.75, 3.05) is 11.1 Å². The van der Waals surface area contributed by atoms with E-state index in [9.17, 15) is 9.18 Å². The van der Waals surface area contributed by atoms with Crippen LogP contribution in [0.1, 0.15) is 18.0 Å². The molecule has 7 heteroatoms. The summed E-state index contributed by atoms with van der Waals surface area (Å²) in [5.74, 6) is 0.558. The molecule has 0 saturated carbocycles. The smallest absolute Gasteiger partial charge is 0.319 e. The van der Waals surface area contributed by atoms with E-state index in [0.717, 1.165) is 17.7 Å². The van der Waals surface area contributed by atoms with Gasteiger partial charge in [0.2, 0.25) is 0 Å². The largest absolute Gasteiger partial charge is 0.331 e. The molecule has 1 aliphatic rings. The molecule has 2 N–H and O–H groups in total. The molecule has 5 nitrogen and oxygen atoms in total. The summed E-state index contributed by atoms with van der Waals surface area (Å²) in [4.78, 5) is 12.7. The summed E-state index contributed by atoms with van der Waals surface area (Å²) in [7, 11) is 1.78. The molecule has 0 radical (unpaired) electrons. The Hall–Kier alpha value is -2.02. The van der Waals surface area contributed by atoms with Crippen LogP contribution in [0.2, 0.25) is 0 Å². The van der Waals surface area contributed by atoms with Crippen LogP contribution in [0.4, 0.5) is 14.9 Å². The lowest BCUT2D eigenvalue weighted by Crippen LogP contribution is -2.34. The van der Waals surface area contributed by atoms with Gasteiger partial charge in [0.05, 0.1) is 17.9 Å². The number of urea groups is 1. The van der Waals surface area contributed by atoms with Crippen molar-refractivity contribution < 1.29 is 9.18 Å². The number of halogens is 1. The Morgan fingerprint density at radius 2 is 2.38 bits per heavy atom. The number of rotatable bonds is 2. The predicted octanol–water partition coefficient (Wildman–Crippen LogP) is 2.92. The fraction of sp³-hybridized carbons (Fsp3) is 0.286. The van der Waals surface area contributed by atoms with Crippen LogP contribution >= 0.6 is 11.8 Å². The van der Waals surface area contributed by atoms with Gasteiger partial charge in [-0.05, 0) is 18.1 Å². The van der Waals surface area contributed by atoms with Crippen LogP contribution in [-0.4, -0.2) is 21.6 Å². The number of fused-ring (bicyclic) bond motifs is 1. The molecule has 2 aromatic rings. The highest BCUT2D eigenvalue weighted by atomic mass is 32.2. The molecule has 1 aliphatic heterocycles. The van der Waals surface area contributed by atoms with Crippen LogP contribution in [0.3, 0.4) is 0 Å². The summed E-state index contributed by atoms with van der Waals surface area (Å²) in [6, 6.07) is 4.50. The van der Waals surface area contributed by atoms with E-state index in [4.69, 9.17) is 0 Å². The third-order valence-electron chi connectivity index (χ3n) is 3.29. The van der Waals surface area contributed by atoms with Crippen molar-refractivity contribution in [3.05, 3.63) is 42.0 Å². The lowest BCUT2D eigenvalue weighted by Gasteiger charge is -2.26. The van der Waals surface area contributed by atoms with E-state index in [0.29, 0.717) is 10.6 Å². The molecule has 2 amide bonds. The first kappa shape index (κ1) is 13.9.